The minimum Gasteiger partial charge on any atom is -0.479 e. The zero-order chi connectivity index (χ0) is 38.9. The first-order valence-electron chi connectivity index (χ1n) is 20.2. The van der Waals surface area contributed by atoms with Crippen LogP contribution >= 0.6 is 0 Å². The fourth-order valence-electron chi connectivity index (χ4n) is 5.77. The lowest BCUT2D eigenvalue weighted by Crippen LogP contribution is -2.60. The Kier molecular flexibility index (Phi) is 29.6. The lowest BCUT2D eigenvalue weighted by Gasteiger charge is -2.38. The Bertz CT molecular complexity index is 1070. The van der Waals surface area contributed by atoms with E-state index in [1.54, 1.807) is 0 Å². The highest BCUT2D eigenvalue weighted by Gasteiger charge is 2.47. The molecule has 0 aromatic rings. The van der Waals surface area contributed by atoms with Crippen LogP contribution in [0, 0.1) is 0 Å². The molecule has 4 N–H and O–H groups in total. The predicted octanol–water partition coefficient (Wildman–Crippen LogP) is 7.81. The summed E-state index contributed by atoms with van der Waals surface area (Å²) in [4.78, 5) is 36.6. The molecule has 1 heterocycles. The quantitative estimate of drug-likeness (QED) is 0.0301. The highest BCUT2D eigenvalue weighted by atomic mass is 16.7. The van der Waals surface area contributed by atoms with Gasteiger partial charge in [0.25, 0.3) is 0 Å². The number of carboxylic acids is 1. The van der Waals surface area contributed by atoms with Gasteiger partial charge < -0.3 is 39.4 Å². The Morgan fingerprint density at radius 1 is 0.604 bits per heavy atom. The van der Waals surface area contributed by atoms with Crippen molar-refractivity contribution in [1.29, 1.82) is 0 Å². The van der Waals surface area contributed by atoms with Crippen LogP contribution in [0.15, 0.2) is 48.6 Å². The molecule has 0 bridgehead atoms. The zero-order valence-corrected chi connectivity index (χ0v) is 32.5. The van der Waals surface area contributed by atoms with Crippen molar-refractivity contribution >= 4 is 17.9 Å². The molecule has 1 aliphatic heterocycles. The van der Waals surface area contributed by atoms with Gasteiger partial charge in [-0.25, -0.2) is 4.79 Å². The summed E-state index contributed by atoms with van der Waals surface area (Å²) in [7, 11) is 0. The van der Waals surface area contributed by atoms with Crippen molar-refractivity contribution in [1.82, 2.24) is 0 Å². The number of carboxylic acid groups (broad SMARTS) is 1. The third-order valence-corrected chi connectivity index (χ3v) is 8.96. The number of unbranched alkanes of at least 4 members (excludes halogenated alkanes) is 13. The molecule has 304 valence electrons. The van der Waals surface area contributed by atoms with Crippen molar-refractivity contribution in [2.75, 3.05) is 13.2 Å². The molecule has 0 aromatic heterocycles. The van der Waals surface area contributed by atoms with E-state index in [0.29, 0.717) is 12.8 Å². The summed E-state index contributed by atoms with van der Waals surface area (Å²) in [6.07, 6.45) is 27.6. The van der Waals surface area contributed by atoms with Gasteiger partial charge >= 0.3 is 17.9 Å². The van der Waals surface area contributed by atoms with E-state index >= 15 is 0 Å². The fraction of sp³-hybridized carbons (Fsp3) is 0.738. The predicted molar refractivity (Wildman–Crippen MR) is 206 cm³/mol. The maximum Gasteiger partial charge on any atom is 0.335 e. The fourth-order valence-corrected chi connectivity index (χ4v) is 5.77. The highest BCUT2D eigenvalue weighted by molar-refractivity contribution is 5.73. The normalized spacial score (nSPS) is 21.3. The van der Waals surface area contributed by atoms with E-state index in [0.717, 1.165) is 44.9 Å². The van der Waals surface area contributed by atoms with Crippen molar-refractivity contribution < 1.29 is 53.8 Å². The average molecular weight is 751 g/mol. The molecule has 0 radical (unpaired) electrons. The first-order chi connectivity index (χ1) is 25.7. The van der Waals surface area contributed by atoms with E-state index in [4.69, 9.17) is 18.9 Å². The van der Waals surface area contributed by atoms with Crippen LogP contribution < -0.4 is 0 Å². The monoisotopic (exact) mass is 750 g/mol. The van der Waals surface area contributed by atoms with Gasteiger partial charge in [-0.1, -0.05) is 146 Å². The maximum absolute atomic E-state index is 12.7. The van der Waals surface area contributed by atoms with Gasteiger partial charge in [-0.2, -0.15) is 0 Å². The number of rotatable bonds is 32. The van der Waals surface area contributed by atoms with Crippen LogP contribution in [-0.2, 0) is 33.3 Å². The van der Waals surface area contributed by atoms with Gasteiger partial charge in [-0.15, -0.1) is 0 Å². The minimum atomic E-state index is -1.87. The third-order valence-electron chi connectivity index (χ3n) is 8.96. The summed E-state index contributed by atoms with van der Waals surface area (Å²) in [5.74, 6) is -2.55. The summed E-state index contributed by atoms with van der Waals surface area (Å²) >= 11 is 0. The SMILES string of the molecule is CC/C=C\C/C=C\C/C=C\C/C=C\CCC(=O)OCC(COC1OC(C(=O)O)C(O)C(O)C1O)OC(=O)CCCCCCCCCCCCCCCC. The molecule has 1 fully saturated rings. The second-order valence-corrected chi connectivity index (χ2v) is 13.7. The van der Waals surface area contributed by atoms with E-state index in [1.807, 2.05) is 12.2 Å². The molecular formula is C42H70O11. The summed E-state index contributed by atoms with van der Waals surface area (Å²) in [6.45, 7) is 3.61. The maximum atomic E-state index is 12.7. The zero-order valence-electron chi connectivity index (χ0n) is 32.5. The molecule has 0 aliphatic carbocycles. The molecule has 6 atom stereocenters. The Morgan fingerprint density at radius 3 is 1.64 bits per heavy atom. The summed E-state index contributed by atoms with van der Waals surface area (Å²) in [5.41, 5.74) is 0. The molecule has 53 heavy (non-hydrogen) atoms. The molecule has 11 nitrogen and oxygen atoms in total. The number of esters is 2. The van der Waals surface area contributed by atoms with Gasteiger partial charge in [0.1, 0.15) is 24.9 Å². The van der Waals surface area contributed by atoms with Crippen LogP contribution in [0.2, 0.25) is 0 Å². The number of allylic oxidation sites excluding steroid dienone is 8. The Morgan fingerprint density at radius 2 is 1.11 bits per heavy atom. The highest BCUT2D eigenvalue weighted by Crippen LogP contribution is 2.23. The molecule has 1 aliphatic rings. The number of aliphatic hydroxyl groups excluding tert-OH is 3. The number of aliphatic carboxylic acids is 1. The molecule has 11 heteroatoms. The lowest BCUT2D eigenvalue weighted by atomic mass is 9.99. The molecule has 0 aromatic carbocycles. The molecule has 0 saturated carbocycles. The van der Waals surface area contributed by atoms with Gasteiger partial charge in [-0.3, -0.25) is 9.59 Å². The van der Waals surface area contributed by atoms with Crippen LogP contribution in [-0.4, -0.2) is 88.4 Å². The summed E-state index contributed by atoms with van der Waals surface area (Å²) in [6, 6.07) is 0. The van der Waals surface area contributed by atoms with Crippen molar-refractivity contribution in [3.63, 3.8) is 0 Å². The van der Waals surface area contributed by atoms with Crippen molar-refractivity contribution in [2.45, 2.75) is 185 Å². The number of carbonyl (C=O) groups is 3. The first-order valence-corrected chi connectivity index (χ1v) is 20.2. The third kappa shape index (κ3) is 25.0. The Balaban J connectivity index is 2.47. The summed E-state index contributed by atoms with van der Waals surface area (Å²) in [5, 5.41) is 39.7. The standard InChI is InChI=1S/C42H70O11/c1-3-5-7-9-11-13-15-17-19-21-23-25-27-29-31-36(44)52-34(33-51-42-39(47)37(45)38(46)40(53-42)41(48)49)32-50-35(43)30-28-26-24-22-20-18-16-14-12-10-8-6-4-2/h6,8,12,14,18,20,24,26,34,37-40,42,45-47H,3-5,7,9-11,13,15-17,19,21-23,25,27-33H2,1-2H3,(H,48,49)/b8-6-,14-12-,20-18-,26-24-. The molecule has 0 amide bonds. The molecule has 0 spiro atoms. The number of hydrogen-bond acceptors (Lipinski definition) is 10. The van der Waals surface area contributed by atoms with Gasteiger partial charge in [0.05, 0.1) is 6.61 Å². The van der Waals surface area contributed by atoms with Crippen LogP contribution in [0.3, 0.4) is 0 Å². The van der Waals surface area contributed by atoms with E-state index in [9.17, 15) is 34.8 Å². The van der Waals surface area contributed by atoms with Crippen molar-refractivity contribution in [2.24, 2.45) is 0 Å². The Labute approximate surface area is 318 Å². The second-order valence-electron chi connectivity index (χ2n) is 13.7. The van der Waals surface area contributed by atoms with Crippen LogP contribution in [0.25, 0.3) is 0 Å². The van der Waals surface area contributed by atoms with E-state index < -0.39 is 61.3 Å². The van der Waals surface area contributed by atoms with Crippen LogP contribution in [0.4, 0.5) is 0 Å². The number of carbonyl (C=O) groups excluding carboxylic acids is 2. The Hall–Kier alpha value is -2.83. The van der Waals surface area contributed by atoms with E-state index in [1.165, 1.54) is 64.2 Å². The molecule has 1 saturated heterocycles. The van der Waals surface area contributed by atoms with Gasteiger partial charge in [0, 0.05) is 12.8 Å². The summed E-state index contributed by atoms with van der Waals surface area (Å²) < 4.78 is 21.6. The van der Waals surface area contributed by atoms with Crippen molar-refractivity contribution in [3.8, 4) is 0 Å². The van der Waals surface area contributed by atoms with Crippen molar-refractivity contribution in [3.05, 3.63) is 48.6 Å². The molecule has 6 unspecified atom stereocenters. The van der Waals surface area contributed by atoms with Gasteiger partial charge in [0.15, 0.2) is 18.5 Å². The first kappa shape index (κ1) is 48.2. The van der Waals surface area contributed by atoms with Crippen LogP contribution in [0.1, 0.15) is 149 Å². The smallest absolute Gasteiger partial charge is 0.335 e. The number of hydrogen-bond donors (Lipinski definition) is 4. The average Bonchev–Trinajstić information content (AvgIpc) is 3.14. The van der Waals surface area contributed by atoms with E-state index in [-0.39, 0.29) is 19.4 Å². The molecule has 1 rings (SSSR count). The second kappa shape index (κ2) is 32.6. The number of aliphatic hydroxyl groups is 3. The van der Waals surface area contributed by atoms with Gasteiger partial charge in [-0.05, 0) is 38.5 Å². The lowest BCUT2D eigenvalue weighted by molar-refractivity contribution is -0.298. The molecular weight excluding hydrogens is 680 g/mol. The number of ether oxygens (including phenoxy) is 4. The minimum absolute atomic E-state index is 0.115. The van der Waals surface area contributed by atoms with E-state index in [2.05, 4.69) is 50.3 Å². The van der Waals surface area contributed by atoms with Gasteiger partial charge in [0.2, 0.25) is 0 Å². The topological polar surface area (TPSA) is 169 Å². The van der Waals surface area contributed by atoms with Crippen LogP contribution in [0.5, 0.6) is 0 Å². The largest absolute Gasteiger partial charge is 0.479 e.